The topological polar surface area (TPSA) is 26.3 Å². The van der Waals surface area contributed by atoms with E-state index in [2.05, 4.69) is 4.74 Å². The van der Waals surface area contributed by atoms with Crippen LogP contribution in [0.25, 0.3) is 0 Å². The molecule has 0 heterocycles. The molecule has 0 fully saturated rings. The smallest absolute Gasteiger partial charge is 0.333 e. The lowest BCUT2D eigenvalue weighted by Gasteiger charge is -1.99. The highest BCUT2D eigenvalue weighted by Crippen LogP contribution is 2.02. The molecular weight excluding hydrogens is 135 g/mol. The molecule has 0 aliphatic rings. The highest BCUT2D eigenvalue weighted by atomic mass is 19.1. The number of alkyl halides is 1. The number of esters is 1. The van der Waals surface area contributed by atoms with E-state index in [4.69, 9.17) is 0 Å². The summed E-state index contributed by atoms with van der Waals surface area (Å²) in [7, 11) is 1.28. The Labute approximate surface area is 59.7 Å². The van der Waals surface area contributed by atoms with Gasteiger partial charge >= 0.3 is 5.97 Å². The van der Waals surface area contributed by atoms with Crippen LogP contribution in [0.1, 0.15) is 13.3 Å². The van der Waals surface area contributed by atoms with Crippen molar-refractivity contribution < 1.29 is 13.9 Å². The third-order valence-corrected chi connectivity index (χ3v) is 1.16. The molecular formula is C7H11FO2. The predicted molar refractivity (Wildman–Crippen MR) is 36.4 cm³/mol. The molecule has 0 atom stereocenters. The molecule has 0 unspecified atom stereocenters. The summed E-state index contributed by atoms with van der Waals surface area (Å²) in [6, 6.07) is 0. The number of hydrogen-bond acceptors (Lipinski definition) is 2. The van der Waals surface area contributed by atoms with E-state index in [0.717, 1.165) is 0 Å². The van der Waals surface area contributed by atoms with Gasteiger partial charge in [0, 0.05) is 12.0 Å². The average molecular weight is 146 g/mol. The van der Waals surface area contributed by atoms with Crippen LogP contribution < -0.4 is 0 Å². The molecule has 0 spiro atoms. The first kappa shape index (κ1) is 9.14. The van der Waals surface area contributed by atoms with Gasteiger partial charge in [-0.25, -0.2) is 4.79 Å². The van der Waals surface area contributed by atoms with Crippen molar-refractivity contribution in [2.45, 2.75) is 13.3 Å². The van der Waals surface area contributed by atoms with E-state index < -0.39 is 12.6 Å². The van der Waals surface area contributed by atoms with Crippen LogP contribution >= 0.6 is 0 Å². The van der Waals surface area contributed by atoms with E-state index in [0.29, 0.717) is 5.57 Å². The van der Waals surface area contributed by atoms with Gasteiger partial charge < -0.3 is 4.74 Å². The zero-order valence-corrected chi connectivity index (χ0v) is 6.19. The summed E-state index contributed by atoms with van der Waals surface area (Å²) in [6.45, 7) is 1.16. The molecule has 0 amide bonds. The third kappa shape index (κ3) is 2.62. The first-order valence-electron chi connectivity index (χ1n) is 3.05. The molecule has 0 aromatic rings. The first-order valence-corrected chi connectivity index (χ1v) is 3.05. The van der Waals surface area contributed by atoms with Crippen LogP contribution in [0.3, 0.4) is 0 Å². The zero-order chi connectivity index (χ0) is 7.98. The molecule has 58 valence electrons. The van der Waals surface area contributed by atoms with Crippen LogP contribution in [0.15, 0.2) is 11.6 Å². The minimum Gasteiger partial charge on any atom is -0.466 e. The summed E-state index contributed by atoms with van der Waals surface area (Å²) in [5.74, 6) is -0.444. The minimum atomic E-state index is -0.519. The fourth-order valence-corrected chi connectivity index (χ4v) is 0.597. The first-order chi connectivity index (χ1) is 4.76. The van der Waals surface area contributed by atoms with E-state index >= 15 is 0 Å². The molecule has 3 heteroatoms. The molecule has 0 aromatic carbocycles. The lowest BCUT2D eigenvalue weighted by atomic mass is 10.2. The van der Waals surface area contributed by atoms with Gasteiger partial charge in [-0.2, -0.15) is 0 Å². The summed E-state index contributed by atoms with van der Waals surface area (Å²) in [5, 5.41) is 0. The van der Waals surface area contributed by atoms with Crippen molar-refractivity contribution >= 4 is 5.97 Å². The number of rotatable bonds is 3. The minimum absolute atomic E-state index is 0.142. The normalized spacial score (nSPS) is 11.3. The largest absolute Gasteiger partial charge is 0.466 e. The van der Waals surface area contributed by atoms with Crippen molar-refractivity contribution in [1.29, 1.82) is 0 Å². The molecule has 0 radical (unpaired) electrons. The molecule has 0 aromatic heterocycles. The van der Waals surface area contributed by atoms with Crippen LogP contribution in [0.2, 0.25) is 0 Å². The molecule has 0 saturated carbocycles. The number of allylic oxidation sites excluding steroid dienone is 1. The van der Waals surface area contributed by atoms with E-state index in [9.17, 15) is 9.18 Å². The fraction of sp³-hybridized carbons (Fsp3) is 0.571. The van der Waals surface area contributed by atoms with Crippen molar-refractivity contribution in [3.8, 4) is 0 Å². The Morgan fingerprint density at radius 3 is 2.60 bits per heavy atom. The Bertz CT molecular complexity index is 141. The summed E-state index contributed by atoms with van der Waals surface area (Å²) in [6.07, 6.45) is 1.70. The monoisotopic (exact) mass is 146 g/mol. The highest BCUT2D eigenvalue weighted by Gasteiger charge is 2.06. The molecule has 0 N–H and O–H groups in total. The number of ether oxygens (including phenoxy) is 1. The van der Waals surface area contributed by atoms with Crippen LogP contribution in [0.5, 0.6) is 0 Å². The summed E-state index contributed by atoms with van der Waals surface area (Å²) < 4.78 is 16.1. The maximum atomic E-state index is 11.7. The van der Waals surface area contributed by atoms with E-state index in [-0.39, 0.29) is 6.42 Å². The van der Waals surface area contributed by atoms with Gasteiger partial charge in [0.2, 0.25) is 0 Å². The van der Waals surface area contributed by atoms with Gasteiger partial charge in [0.05, 0.1) is 13.8 Å². The second kappa shape index (κ2) is 4.97. The Balaban J connectivity index is 3.95. The highest BCUT2D eigenvalue weighted by molar-refractivity contribution is 5.88. The molecule has 2 nitrogen and oxygen atoms in total. The van der Waals surface area contributed by atoms with Crippen LogP contribution in [-0.2, 0) is 9.53 Å². The van der Waals surface area contributed by atoms with Gasteiger partial charge in [0.15, 0.2) is 0 Å². The zero-order valence-electron chi connectivity index (χ0n) is 6.19. The predicted octanol–water partition coefficient (Wildman–Crippen LogP) is 1.47. The fourth-order valence-electron chi connectivity index (χ4n) is 0.597. The van der Waals surface area contributed by atoms with Crippen LogP contribution in [0.4, 0.5) is 4.39 Å². The van der Waals surface area contributed by atoms with Crippen LogP contribution in [0, 0.1) is 0 Å². The maximum Gasteiger partial charge on any atom is 0.333 e. The Hall–Kier alpha value is -0.860. The van der Waals surface area contributed by atoms with Crippen molar-refractivity contribution in [2.24, 2.45) is 0 Å². The number of halogens is 1. The number of carbonyl (C=O) groups is 1. The van der Waals surface area contributed by atoms with E-state index in [1.54, 1.807) is 13.0 Å². The Morgan fingerprint density at radius 1 is 1.70 bits per heavy atom. The maximum absolute atomic E-state index is 11.7. The van der Waals surface area contributed by atoms with Crippen molar-refractivity contribution in [2.75, 3.05) is 13.8 Å². The average Bonchev–Trinajstić information content (AvgIpc) is 1.99. The molecule has 0 bridgehead atoms. The number of hydrogen-bond donors (Lipinski definition) is 0. The van der Waals surface area contributed by atoms with Crippen molar-refractivity contribution in [3.05, 3.63) is 11.6 Å². The summed E-state index contributed by atoms with van der Waals surface area (Å²) in [5.41, 5.74) is 0.394. The quantitative estimate of drug-likeness (QED) is 0.445. The van der Waals surface area contributed by atoms with Gasteiger partial charge in [-0.1, -0.05) is 6.08 Å². The SMILES string of the molecule is CC=C(CCF)C(=O)OC. The van der Waals surface area contributed by atoms with Gasteiger partial charge in [0.1, 0.15) is 0 Å². The Morgan fingerprint density at radius 2 is 2.30 bits per heavy atom. The van der Waals surface area contributed by atoms with Crippen molar-refractivity contribution in [3.63, 3.8) is 0 Å². The van der Waals surface area contributed by atoms with Gasteiger partial charge in [-0.3, -0.25) is 4.39 Å². The van der Waals surface area contributed by atoms with Gasteiger partial charge in [0.25, 0.3) is 0 Å². The van der Waals surface area contributed by atoms with E-state index in [1.165, 1.54) is 7.11 Å². The van der Waals surface area contributed by atoms with E-state index in [1.807, 2.05) is 0 Å². The lowest BCUT2D eigenvalue weighted by Crippen LogP contribution is -2.04. The summed E-state index contributed by atoms with van der Waals surface area (Å²) >= 11 is 0. The molecule has 0 saturated heterocycles. The molecule has 0 aliphatic carbocycles. The third-order valence-electron chi connectivity index (χ3n) is 1.16. The number of methoxy groups -OCH3 is 1. The molecule has 0 aliphatic heterocycles. The molecule has 0 rings (SSSR count). The molecule has 10 heavy (non-hydrogen) atoms. The van der Waals surface area contributed by atoms with Gasteiger partial charge in [-0.15, -0.1) is 0 Å². The standard InChI is InChI=1S/C7H11FO2/c1-3-6(4-5-8)7(9)10-2/h3H,4-5H2,1-2H3. The number of carbonyl (C=O) groups excluding carboxylic acids is 1. The summed E-state index contributed by atoms with van der Waals surface area (Å²) in [4.78, 5) is 10.7. The second-order valence-electron chi connectivity index (χ2n) is 1.74. The van der Waals surface area contributed by atoms with Crippen LogP contribution in [-0.4, -0.2) is 19.8 Å². The lowest BCUT2D eigenvalue weighted by molar-refractivity contribution is -0.136. The van der Waals surface area contributed by atoms with Crippen molar-refractivity contribution in [1.82, 2.24) is 0 Å². The van der Waals surface area contributed by atoms with Gasteiger partial charge in [-0.05, 0) is 6.92 Å². The Kier molecular flexibility index (Phi) is 4.54. The second-order valence-corrected chi connectivity index (χ2v) is 1.74.